The molecular weight excluding hydrogens is 510 g/mol. The van der Waals surface area contributed by atoms with Crippen molar-refractivity contribution in [3.8, 4) is 0 Å². The predicted molar refractivity (Wildman–Crippen MR) is 101 cm³/mol. The summed E-state index contributed by atoms with van der Waals surface area (Å²) in [5, 5.41) is 29.1. The van der Waals surface area contributed by atoms with Crippen molar-refractivity contribution in [3.05, 3.63) is 0 Å². The van der Waals surface area contributed by atoms with Crippen LogP contribution in [0.2, 0.25) is 0 Å². The van der Waals surface area contributed by atoms with Gasteiger partial charge in [0.2, 0.25) is 10.5 Å². The second kappa shape index (κ2) is 14.8. The molecule has 0 heterocycles. The van der Waals surface area contributed by atoms with E-state index in [1.165, 1.54) is 0 Å². The van der Waals surface area contributed by atoms with Gasteiger partial charge in [-0.05, 0) is 0 Å². The van der Waals surface area contributed by atoms with Crippen molar-refractivity contribution < 1.29 is 74.4 Å². The minimum absolute atomic E-state index is 0. The van der Waals surface area contributed by atoms with E-state index in [-0.39, 0.29) is 59.1 Å². The summed E-state index contributed by atoms with van der Waals surface area (Å²) in [7, 11) is -10.6. The average molecular weight is 526 g/mol. The van der Waals surface area contributed by atoms with Crippen LogP contribution < -0.4 is 0 Å². The summed E-state index contributed by atoms with van der Waals surface area (Å²) in [4.78, 5) is 65.5. The number of hydrogen-bond donors (Lipinski definition) is 4. The fourth-order valence-electron chi connectivity index (χ4n) is 1.61. The Morgan fingerprint density at radius 3 is 1.03 bits per heavy atom. The molecule has 0 amide bonds. The molecule has 174 valence electrons. The first-order valence-corrected chi connectivity index (χ1v) is 10.2. The number of carbonyl (C=O) groups excluding carboxylic acids is 2. The summed E-state index contributed by atoms with van der Waals surface area (Å²) < 4.78 is 54.2. The summed E-state index contributed by atoms with van der Waals surface area (Å²) in [6.45, 7) is 0. The molecule has 0 radical (unpaired) electrons. The van der Waals surface area contributed by atoms with Gasteiger partial charge >= 0.3 is 115 Å². The van der Waals surface area contributed by atoms with Crippen LogP contribution in [0, 0.1) is 0 Å². The van der Waals surface area contributed by atoms with E-state index >= 15 is 0 Å². The van der Waals surface area contributed by atoms with Gasteiger partial charge in [0.15, 0.2) is 0 Å². The van der Waals surface area contributed by atoms with Gasteiger partial charge in [-0.2, -0.15) is 16.8 Å². The zero-order valence-electron chi connectivity index (χ0n) is 14.5. The van der Waals surface area contributed by atoms with Crippen molar-refractivity contribution in [3.63, 3.8) is 0 Å². The van der Waals surface area contributed by atoms with Crippen LogP contribution >= 0.6 is 0 Å². The van der Waals surface area contributed by atoms with Gasteiger partial charge in [-0.25, -0.2) is 0 Å². The van der Waals surface area contributed by atoms with Crippen molar-refractivity contribution >= 4 is 115 Å². The molecule has 0 aromatic heterocycles. The number of carboxylic acid groups (broad SMARTS) is 4. The molecule has 16 nitrogen and oxygen atoms in total. The molecule has 0 aliphatic carbocycles. The SMILES string of the molecule is O=C(O)CC(C(=O)O)S(=O)(=O)OC(=O)CCC(=O)OS(=O)(=O)C(CC(=O)O)C(=O)O.[NaH].[NaH]. The minimum atomic E-state index is -5.28. The molecule has 0 saturated carbocycles. The summed E-state index contributed by atoms with van der Waals surface area (Å²) in [5.74, 6) is -11.5. The zero-order valence-corrected chi connectivity index (χ0v) is 16.1. The maximum absolute atomic E-state index is 11.6. The molecule has 4 N–H and O–H groups in total. The van der Waals surface area contributed by atoms with Crippen molar-refractivity contribution in [1.82, 2.24) is 0 Å². The second-order valence-corrected chi connectivity index (χ2v) is 8.69. The Morgan fingerprint density at radius 2 is 0.844 bits per heavy atom. The Kier molecular flexibility index (Phi) is 16.3. The Hall–Kier alpha value is -1.28. The Morgan fingerprint density at radius 1 is 0.594 bits per heavy atom. The van der Waals surface area contributed by atoms with E-state index in [1.807, 2.05) is 0 Å². The van der Waals surface area contributed by atoms with E-state index in [4.69, 9.17) is 20.4 Å². The van der Waals surface area contributed by atoms with Gasteiger partial charge in [-0.1, -0.05) is 0 Å². The maximum atomic E-state index is 11.6. The van der Waals surface area contributed by atoms with E-state index in [9.17, 15) is 45.6 Å². The van der Waals surface area contributed by atoms with Gasteiger partial charge < -0.3 is 28.8 Å². The monoisotopic (exact) mass is 526 g/mol. The quantitative estimate of drug-likeness (QED) is 0.132. The fraction of sp³-hybridized carbons (Fsp3) is 0.500. The molecule has 32 heavy (non-hydrogen) atoms. The summed E-state index contributed by atoms with van der Waals surface area (Å²) in [5.41, 5.74) is 0. The average Bonchev–Trinajstić information content (AvgIpc) is 2.53. The van der Waals surface area contributed by atoms with Crippen LogP contribution in [-0.2, 0) is 57.4 Å². The van der Waals surface area contributed by atoms with Crippen LogP contribution in [0.3, 0.4) is 0 Å². The third kappa shape index (κ3) is 12.7. The van der Waals surface area contributed by atoms with Crippen molar-refractivity contribution in [2.45, 2.75) is 36.2 Å². The molecule has 20 heteroatoms. The molecule has 0 aromatic rings. The third-order valence-corrected chi connectivity index (χ3v) is 5.89. The van der Waals surface area contributed by atoms with Crippen LogP contribution in [0.4, 0.5) is 0 Å². The van der Waals surface area contributed by atoms with Crippen molar-refractivity contribution in [2.75, 3.05) is 0 Å². The molecule has 0 fully saturated rings. The van der Waals surface area contributed by atoms with Gasteiger partial charge in [0.1, 0.15) is 0 Å². The van der Waals surface area contributed by atoms with Crippen LogP contribution in [-0.4, -0.2) is 143 Å². The van der Waals surface area contributed by atoms with Crippen molar-refractivity contribution in [2.24, 2.45) is 0 Å². The van der Waals surface area contributed by atoms with Crippen LogP contribution in [0.5, 0.6) is 0 Å². The molecule has 0 bridgehead atoms. The van der Waals surface area contributed by atoms with E-state index in [1.54, 1.807) is 0 Å². The van der Waals surface area contributed by atoms with Crippen molar-refractivity contribution in [1.29, 1.82) is 0 Å². The molecule has 2 atom stereocenters. The summed E-state index contributed by atoms with van der Waals surface area (Å²) in [6.07, 6.45) is -5.29. The second-order valence-electron chi connectivity index (χ2n) is 5.25. The predicted octanol–water partition coefficient (Wildman–Crippen LogP) is -3.93. The van der Waals surface area contributed by atoms with Crippen LogP contribution in [0.15, 0.2) is 0 Å². The third-order valence-electron chi connectivity index (χ3n) is 2.92. The van der Waals surface area contributed by atoms with E-state index in [0.29, 0.717) is 0 Å². The summed E-state index contributed by atoms with van der Waals surface area (Å²) >= 11 is 0. The van der Waals surface area contributed by atoms with Crippen LogP contribution in [0.1, 0.15) is 25.7 Å². The molecule has 0 aliphatic heterocycles. The fourth-order valence-corrected chi connectivity index (χ4v) is 3.71. The first-order chi connectivity index (χ1) is 13.5. The number of carbonyl (C=O) groups is 6. The van der Waals surface area contributed by atoms with E-state index in [2.05, 4.69) is 8.37 Å². The Labute approximate surface area is 224 Å². The first-order valence-electron chi connectivity index (χ1n) is 7.31. The number of hydrogen-bond acceptors (Lipinski definition) is 12. The molecule has 0 aromatic carbocycles. The van der Waals surface area contributed by atoms with Gasteiger partial charge in [-0.15, -0.1) is 0 Å². The Balaban J connectivity index is -0.00000420. The van der Waals surface area contributed by atoms with E-state index < -0.39 is 92.2 Å². The molecule has 0 spiro atoms. The van der Waals surface area contributed by atoms with E-state index in [0.717, 1.165) is 0 Å². The topological polar surface area (TPSA) is 270 Å². The number of aliphatic carboxylic acids is 4. The molecular formula is C12H16Na2O16S2. The van der Waals surface area contributed by atoms with Gasteiger partial charge in [-0.3, -0.25) is 28.8 Å². The molecule has 0 aliphatic rings. The molecule has 0 saturated heterocycles. The number of rotatable bonds is 13. The normalized spacial score (nSPS) is 12.6. The zero-order chi connectivity index (χ0) is 23.9. The van der Waals surface area contributed by atoms with Gasteiger partial charge in [0.05, 0.1) is 25.7 Å². The number of carboxylic acids is 4. The van der Waals surface area contributed by atoms with Gasteiger partial charge in [0, 0.05) is 0 Å². The molecule has 2 unspecified atom stereocenters. The van der Waals surface area contributed by atoms with Crippen LogP contribution in [0.25, 0.3) is 0 Å². The summed E-state index contributed by atoms with van der Waals surface area (Å²) in [6, 6.07) is 0. The Bertz CT molecular complexity index is 876. The molecule has 0 rings (SSSR count). The van der Waals surface area contributed by atoms with Gasteiger partial charge in [0.25, 0.3) is 0 Å². The first kappa shape index (κ1) is 35.3. The standard InChI is InChI=1S/C12H14O16S2.2Na.2H/c13-7(14)3-5(11(19)20)29(23,24)27-9(17)1-2-10(18)28-30(25,26)6(12(21)22)4-8(15)16;;;;/h5-6H,1-4H2,(H,13,14)(H,15,16)(H,19,20)(H,21,22);;;;.